The van der Waals surface area contributed by atoms with Gasteiger partial charge in [-0.05, 0) is 29.8 Å². The van der Waals surface area contributed by atoms with Crippen LogP contribution in [0.2, 0.25) is 0 Å². The number of nitro benzene ring substituents is 1. The molecule has 1 atom stereocenters. The number of nitrogens with one attached hydrogen (secondary N) is 2. The van der Waals surface area contributed by atoms with E-state index in [2.05, 4.69) is 10.6 Å². The van der Waals surface area contributed by atoms with Crippen molar-refractivity contribution >= 4 is 23.2 Å². The van der Waals surface area contributed by atoms with Gasteiger partial charge in [0, 0.05) is 17.3 Å². The molecule has 2 amide bonds. The first-order valence-electron chi connectivity index (χ1n) is 9.51. The topological polar surface area (TPSA) is 111 Å². The van der Waals surface area contributed by atoms with Crippen LogP contribution in [-0.4, -0.2) is 23.8 Å². The first-order chi connectivity index (χ1) is 15.0. The second-order valence-corrected chi connectivity index (χ2v) is 6.70. The van der Waals surface area contributed by atoms with Crippen LogP contribution in [0.25, 0.3) is 0 Å². The minimum absolute atomic E-state index is 0.0532. The Morgan fingerprint density at radius 2 is 1.65 bits per heavy atom. The number of nitrogens with zero attached hydrogens (tertiary/aromatic N) is 1. The van der Waals surface area contributed by atoms with E-state index in [4.69, 9.17) is 4.74 Å². The molecule has 0 heterocycles. The number of anilines is 1. The summed E-state index contributed by atoms with van der Waals surface area (Å²) in [4.78, 5) is 35.9. The molecule has 0 aromatic heterocycles. The number of methoxy groups -OCH3 is 1. The molecule has 0 aliphatic rings. The van der Waals surface area contributed by atoms with Crippen LogP contribution in [-0.2, 0) is 4.79 Å². The standard InChI is InChI=1S/C23H21N3O5/c1-31-21-13-12-18(14-20(21)26(29)30)24-22(27)15-19(16-8-4-2-5-9-16)25-23(28)17-10-6-3-7-11-17/h2-14,19H,15H2,1H3,(H,24,27)(H,25,28)/t19-/m0/s1. The Morgan fingerprint density at radius 1 is 1.00 bits per heavy atom. The van der Waals surface area contributed by atoms with E-state index >= 15 is 0 Å². The minimum atomic E-state index is -0.582. The lowest BCUT2D eigenvalue weighted by molar-refractivity contribution is -0.385. The monoisotopic (exact) mass is 419 g/mol. The van der Waals surface area contributed by atoms with Crippen molar-refractivity contribution in [1.29, 1.82) is 0 Å². The van der Waals surface area contributed by atoms with Crippen molar-refractivity contribution in [2.45, 2.75) is 12.5 Å². The highest BCUT2D eigenvalue weighted by Crippen LogP contribution is 2.30. The second kappa shape index (κ2) is 10.0. The summed E-state index contributed by atoms with van der Waals surface area (Å²) in [5, 5.41) is 16.7. The van der Waals surface area contributed by atoms with Crippen molar-refractivity contribution in [1.82, 2.24) is 5.32 Å². The van der Waals surface area contributed by atoms with Crippen molar-refractivity contribution in [3.05, 3.63) is 100 Å². The Labute approximate surface area is 179 Å². The first kappa shape index (κ1) is 21.5. The number of benzene rings is 3. The number of ether oxygens (including phenoxy) is 1. The van der Waals surface area contributed by atoms with Gasteiger partial charge >= 0.3 is 5.69 Å². The van der Waals surface area contributed by atoms with Gasteiger partial charge in [0.05, 0.1) is 24.5 Å². The maximum absolute atomic E-state index is 12.7. The Balaban J connectivity index is 1.76. The zero-order valence-electron chi connectivity index (χ0n) is 16.8. The predicted octanol–water partition coefficient (Wildman–Crippen LogP) is 4.10. The number of hydrogen-bond acceptors (Lipinski definition) is 5. The molecule has 3 rings (SSSR count). The fraction of sp³-hybridized carbons (Fsp3) is 0.130. The van der Waals surface area contributed by atoms with E-state index in [0.29, 0.717) is 5.56 Å². The third kappa shape index (κ3) is 5.66. The molecule has 0 fully saturated rings. The van der Waals surface area contributed by atoms with Gasteiger partial charge in [-0.25, -0.2) is 0 Å². The van der Waals surface area contributed by atoms with E-state index in [-0.39, 0.29) is 29.5 Å². The van der Waals surface area contributed by atoms with E-state index < -0.39 is 16.9 Å². The minimum Gasteiger partial charge on any atom is -0.490 e. The van der Waals surface area contributed by atoms with E-state index in [1.807, 2.05) is 36.4 Å². The molecule has 8 heteroatoms. The summed E-state index contributed by atoms with van der Waals surface area (Å²) in [7, 11) is 1.33. The van der Waals surface area contributed by atoms with Crippen molar-refractivity contribution in [2.75, 3.05) is 12.4 Å². The average molecular weight is 419 g/mol. The van der Waals surface area contributed by atoms with Crippen LogP contribution >= 0.6 is 0 Å². The number of amides is 2. The van der Waals surface area contributed by atoms with Crippen molar-refractivity contribution in [2.24, 2.45) is 0 Å². The molecule has 8 nitrogen and oxygen atoms in total. The fourth-order valence-electron chi connectivity index (χ4n) is 3.08. The smallest absolute Gasteiger partial charge is 0.312 e. The van der Waals surface area contributed by atoms with Gasteiger partial charge in [-0.2, -0.15) is 0 Å². The molecule has 31 heavy (non-hydrogen) atoms. The summed E-state index contributed by atoms with van der Waals surface area (Å²) in [6, 6.07) is 21.4. The van der Waals surface area contributed by atoms with Crippen molar-refractivity contribution in [3.8, 4) is 5.75 Å². The Kier molecular flexibility index (Phi) is 6.95. The van der Waals surface area contributed by atoms with E-state index in [0.717, 1.165) is 5.56 Å². The summed E-state index contributed by atoms with van der Waals surface area (Å²) in [5.41, 5.74) is 1.26. The van der Waals surface area contributed by atoms with Crippen LogP contribution < -0.4 is 15.4 Å². The lowest BCUT2D eigenvalue weighted by Crippen LogP contribution is -2.31. The average Bonchev–Trinajstić information content (AvgIpc) is 2.79. The molecule has 2 N–H and O–H groups in total. The van der Waals surface area contributed by atoms with Gasteiger partial charge in [-0.1, -0.05) is 48.5 Å². The van der Waals surface area contributed by atoms with Crippen LogP contribution in [0.3, 0.4) is 0 Å². The molecule has 0 unspecified atom stereocenters. The van der Waals surface area contributed by atoms with E-state index in [1.165, 1.54) is 25.3 Å². The molecule has 0 saturated heterocycles. The summed E-state index contributed by atoms with van der Waals surface area (Å²) in [6.07, 6.45) is -0.0532. The molecular formula is C23H21N3O5. The van der Waals surface area contributed by atoms with Crippen LogP contribution in [0, 0.1) is 10.1 Å². The largest absolute Gasteiger partial charge is 0.490 e. The van der Waals surface area contributed by atoms with Gasteiger partial charge in [-0.15, -0.1) is 0 Å². The highest BCUT2D eigenvalue weighted by atomic mass is 16.6. The van der Waals surface area contributed by atoms with Gasteiger partial charge in [0.25, 0.3) is 5.91 Å². The Bertz CT molecular complexity index is 1070. The quantitative estimate of drug-likeness (QED) is 0.422. The Morgan fingerprint density at radius 3 is 2.26 bits per heavy atom. The Hall–Kier alpha value is -4.20. The highest BCUT2D eigenvalue weighted by Gasteiger charge is 2.21. The number of carbonyl (C=O) groups excluding carboxylic acids is 2. The summed E-state index contributed by atoms with van der Waals surface area (Å²) >= 11 is 0. The zero-order chi connectivity index (χ0) is 22.2. The van der Waals surface area contributed by atoms with Crippen LogP contribution in [0.4, 0.5) is 11.4 Å². The molecule has 0 aliphatic carbocycles. The number of rotatable bonds is 8. The van der Waals surface area contributed by atoms with Crippen LogP contribution in [0.15, 0.2) is 78.9 Å². The third-order valence-corrected chi connectivity index (χ3v) is 4.59. The number of nitro groups is 1. The molecule has 3 aromatic carbocycles. The van der Waals surface area contributed by atoms with Gasteiger partial charge in [0.2, 0.25) is 5.91 Å². The SMILES string of the molecule is COc1ccc(NC(=O)C[C@H](NC(=O)c2ccccc2)c2ccccc2)cc1[N+](=O)[O-]. The molecular weight excluding hydrogens is 398 g/mol. The summed E-state index contributed by atoms with van der Waals surface area (Å²) < 4.78 is 4.97. The molecule has 158 valence electrons. The predicted molar refractivity (Wildman–Crippen MR) is 116 cm³/mol. The van der Waals surface area contributed by atoms with E-state index in [9.17, 15) is 19.7 Å². The van der Waals surface area contributed by atoms with Crippen LogP contribution in [0.5, 0.6) is 5.75 Å². The molecule has 0 aliphatic heterocycles. The zero-order valence-corrected chi connectivity index (χ0v) is 16.8. The highest BCUT2D eigenvalue weighted by molar-refractivity contribution is 5.96. The second-order valence-electron chi connectivity index (χ2n) is 6.70. The summed E-state index contributed by atoms with van der Waals surface area (Å²) in [6.45, 7) is 0. The summed E-state index contributed by atoms with van der Waals surface area (Å²) in [5.74, 6) is -0.607. The van der Waals surface area contributed by atoms with Crippen molar-refractivity contribution in [3.63, 3.8) is 0 Å². The fourth-order valence-corrected chi connectivity index (χ4v) is 3.08. The molecule has 0 saturated carbocycles. The molecule has 3 aromatic rings. The van der Waals surface area contributed by atoms with Gasteiger partial charge in [-0.3, -0.25) is 19.7 Å². The molecule has 0 bridgehead atoms. The third-order valence-electron chi connectivity index (χ3n) is 4.59. The van der Waals surface area contributed by atoms with Gasteiger partial charge in [0.15, 0.2) is 5.75 Å². The number of hydrogen-bond donors (Lipinski definition) is 2. The lowest BCUT2D eigenvalue weighted by Gasteiger charge is -2.19. The number of carbonyl (C=O) groups is 2. The van der Waals surface area contributed by atoms with Crippen molar-refractivity contribution < 1.29 is 19.2 Å². The molecule has 0 spiro atoms. The first-order valence-corrected chi connectivity index (χ1v) is 9.51. The van der Waals surface area contributed by atoms with Gasteiger partial charge < -0.3 is 15.4 Å². The maximum Gasteiger partial charge on any atom is 0.312 e. The normalized spacial score (nSPS) is 11.3. The lowest BCUT2D eigenvalue weighted by atomic mass is 10.0. The van der Waals surface area contributed by atoms with E-state index in [1.54, 1.807) is 24.3 Å². The maximum atomic E-state index is 12.7. The van der Waals surface area contributed by atoms with Crippen LogP contribution in [0.1, 0.15) is 28.4 Å². The molecule has 0 radical (unpaired) electrons. The van der Waals surface area contributed by atoms with Gasteiger partial charge in [0.1, 0.15) is 0 Å².